The molecule has 0 fully saturated rings. The molecule has 1 N–H and O–H groups in total. The molecule has 20 heavy (non-hydrogen) atoms. The molecule has 0 aliphatic carbocycles. The molecule has 0 heterocycles. The number of hydrogen-bond acceptors (Lipinski definition) is 3. The maximum Gasteiger partial charge on any atom is 0.325 e. The third-order valence-electron chi connectivity index (χ3n) is 2.54. The summed E-state index contributed by atoms with van der Waals surface area (Å²) in [6.45, 7) is 4.73. The summed E-state index contributed by atoms with van der Waals surface area (Å²) < 4.78 is 54.3. The molecular weight excluding hydrogens is 291 g/mol. The van der Waals surface area contributed by atoms with Crippen LogP contribution in [0.15, 0.2) is 24.3 Å². The summed E-state index contributed by atoms with van der Waals surface area (Å²) >= 11 is -1.88. The Morgan fingerprint density at radius 1 is 1.30 bits per heavy atom. The van der Waals surface area contributed by atoms with E-state index in [4.69, 9.17) is 0 Å². The highest BCUT2D eigenvalue weighted by Crippen LogP contribution is 2.33. The van der Waals surface area contributed by atoms with Gasteiger partial charge in [-0.25, -0.2) is 4.39 Å². The predicted molar refractivity (Wildman–Crippen MR) is 71.2 cm³/mol. The Kier molecular flexibility index (Phi) is 5.23. The lowest BCUT2D eigenvalue weighted by molar-refractivity contribution is -0.132. The normalized spacial score (nSPS) is 15.8. The first-order valence-corrected chi connectivity index (χ1v) is 7.01. The third-order valence-corrected chi connectivity index (χ3v) is 4.10. The van der Waals surface area contributed by atoms with Gasteiger partial charge in [0.25, 0.3) is 0 Å². The number of aldehydes is 1. The number of benzene rings is 1. The molecule has 0 saturated heterocycles. The van der Waals surface area contributed by atoms with E-state index in [1.54, 1.807) is 20.8 Å². The first-order valence-electron chi connectivity index (χ1n) is 5.86. The molecule has 0 aliphatic rings. The molecule has 0 spiro atoms. The number of alkyl halides is 2. The lowest BCUT2D eigenvalue weighted by Crippen LogP contribution is -2.47. The number of nitrogens with one attached hydrogen (secondary N) is 1. The van der Waals surface area contributed by atoms with Gasteiger partial charge in [0.05, 0.1) is 0 Å². The number of hydrogen-bond donors (Lipinski definition) is 1. The second-order valence-corrected chi connectivity index (χ2v) is 7.24. The second kappa shape index (κ2) is 6.15. The first-order chi connectivity index (χ1) is 9.09. The topological polar surface area (TPSA) is 52.2 Å². The summed E-state index contributed by atoms with van der Waals surface area (Å²) in [5.74, 6) is -4.76. The fraction of sp³-hybridized carbons (Fsp3) is 0.462. The highest BCUT2D eigenvalue weighted by atomic mass is 32.2. The highest BCUT2D eigenvalue weighted by molar-refractivity contribution is 7.90. The molecule has 0 bridgehead atoms. The lowest BCUT2D eigenvalue weighted by Gasteiger charge is -2.30. The standard InChI is InChI=1S/C13H16F3NO2S/c1-12(2,3)20(19)17-11(13(15,16)8-18)9-6-4-5-7-10(9)14/h4-8,11,17H,1-3H3/t11-,20?/m1/s1. The summed E-state index contributed by atoms with van der Waals surface area (Å²) in [6.07, 6.45) is -0.572. The molecule has 1 unspecified atom stereocenters. The van der Waals surface area contributed by atoms with Gasteiger partial charge in [0, 0.05) is 16.9 Å². The average molecular weight is 307 g/mol. The lowest BCUT2D eigenvalue weighted by atomic mass is 10.0. The Labute approximate surface area is 118 Å². The zero-order chi connectivity index (χ0) is 15.6. The predicted octanol–water partition coefficient (Wildman–Crippen LogP) is 2.75. The SMILES string of the molecule is CC(C)(C)[S+]([O-])N[C@H](c1ccccc1F)C(F)(F)C=O. The minimum Gasteiger partial charge on any atom is -0.598 e. The largest absolute Gasteiger partial charge is 0.598 e. The summed E-state index contributed by atoms with van der Waals surface area (Å²) in [5, 5.41) is 0. The maximum absolute atomic E-state index is 13.7. The van der Waals surface area contributed by atoms with Gasteiger partial charge in [-0.05, 0) is 26.8 Å². The Balaban J connectivity index is 3.18. The molecule has 1 aromatic rings. The molecule has 2 atom stereocenters. The molecule has 3 nitrogen and oxygen atoms in total. The monoisotopic (exact) mass is 307 g/mol. The van der Waals surface area contributed by atoms with Crippen LogP contribution in [-0.4, -0.2) is 21.5 Å². The molecule has 0 aromatic heterocycles. The van der Waals surface area contributed by atoms with Crippen LogP contribution in [0, 0.1) is 5.82 Å². The van der Waals surface area contributed by atoms with Crippen molar-refractivity contribution in [2.24, 2.45) is 0 Å². The van der Waals surface area contributed by atoms with E-state index in [1.165, 1.54) is 12.1 Å². The van der Waals surface area contributed by atoms with Gasteiger partial charge in [0.1, 0.15) is 10.6 Å². The maximum atomic E-state index is 13.7. The minimum absolute atomic E-state index is 0.401. The Morgan fingerprint density at radius 3 is 2.30 bits per heavy atom. The van der Waals surface area contributed by atoms with Crippen molar-refractivity contribution in [3.05, 3.63) is 35.6 Å². The fourth-order valence-corrected chi connectivity index (χ4v) is 2.26. The Hall–Kier alpha value is -1.05. The number of halogens is 3. The van der Waals surface area contributed by atoms with Crippen LogP contribution < -0.4 is 4.72 Å². The first kappa shape index (κ1) is 17.0. The minimum atomic E-state index is -3.87. The van der Waals surface area contributed by atoms with Crippen molar-refractivity contribution in [3.63, 3.8) is 0 Å². The van der Waals surface area contributed by atoms with Crippen molar-refractivity contribution < 1.29 is 22.5 Å². The van der Waals surface area contributed by atoms with E-state index in [9.17, 15) is 22.5 Å². The zero-order valence-corrected chi connectivity index (χ0v) is 12.1. The molecule has 0 saturated carbocycles. The van der Waals surface area contributed by atoms with E-state index in [0.29, 0.717) is 0 Å². The van der Waals surface area contributed by atoms with Gasteiger partial charge >= 0.3 is 5.92 Å². The molecule has 0 amide bonds. The Bertz CT molecular complexity index is 477. The van der Waals surface area contributed by atoms with Gasteiger partial charge in [0.15, 0.2) is 12.3 Å². The molecule has 0 aliphatic heterocycles. The smallest absolute Gasteiger partial charge is 0.325 e. The summed E-state index contributed by atoms with van der Waals surface area (Å²) in [6, 6.07) is 2.86. The summed E-state index contributed by atoms with van der Waals surface area (Å²) in [5.41, 5.74) is -0.401. The van der Waals surface area contributed by atoms with Gasteiger partial charge in [-0.1, -0.05) is 18.2 Å². The fourth-order valence-electron chi connectivity index (χ4n) is 1.41. The van der Waals surface area contributed by atoms with Crippen LogP contribution >= 0.6 is 0 Å². The van der Waals surface area contributed by atoms with Crippen molar-refractivity contribution >= 4 is 17.6 Å². The summed E-state index contributed by atoms with van der Waals surface area (Å²) in [4.78, 5) is 10.6. The molecule has 112 valence electrons. The van der Waals surface area contributed by atoms with Crippen LogP contribution in [0.2, 0.25) is 0 Å². The van der Waals surface area contributed by atoms with Crippen molar-refractivity contribution in [2.75, 3.05) is 0 Å². The van der Waals surface area contributed by atoms with Gasteiger partial charge in [-0.2, -0.15) is 8.78 Å². The van der Waals surface area contributed by atoms with E-state index in [1.807, 2.05) is 0 Å². The molecule has 1 aromatic carbocycles. The number of carbonyl (C=O) groups is 1. The van der Waals surface area contributed by atoms with E-state index in [-0.39, 0.29) is 0 Å². The van der Waals surface area contributed by atoms with Gasteiger partial charge in [-0.3, -0.25) is 4.79 Å². The van der Waals surface area contributed by atoms with E-state index in [0.717, 1.165) is 12.1 Å². The highest BCUT2D eigenvalue weighted by Gasteiger charge is 2.46. The van der Waals surface area contributed by atoms with Crippen LogP contribution in [0.4, 0.5) is 13.2 Å². The van der Waals surface area contributed by atoms with Crippen LogP contribution in [0.5, 0.6) is 0 Å². The van der Waals surface area contributed by atoms with Gasteiger partial charge < -0.3 is 4.55 Å². The van der Waals surface area contributed by atoms with Crippen molar-refractivity contribution in [1.29, 1.82) is 0 Å². The third kappa shape index (κ3) is 3.97. The van der Waals surface area contributed by atoms with E-state index < -0.39 is 45.7 Å². The molecular formula is C13H16F3NO2S. The van der Waals surface area contributed by atoms with E-state index in [2.05, 4.69) is 4.72 Å². The van der Waals surface area contributed by atoms with Gasteiger partial charge in [-0.15, -0.1) is 4.72 Å². The summed E-state index contributed by atoms with van der Waals surface area (Å²) in [7, 11) is 0. The Morgan fingerprint density at radius 2 is 1.85 bits per heavy atom. The quantitative estimate of drug-likeness (QED) is 0.672. The van der Waals surface area contributed by atoms with Crippen LogP contribution in [0.3, 0.4) is 0 Å². The molecule has 0 radical (unpaired) electrons. The number of carbonyl (C=O) groups excluding carboxylic acids is 1. The van der Waals surface area contributed by atoms with Crippen LogP contribution in [-0.2, 0) is 16.2 Å². The zero-order valence-electron chi connectivity index (χ0n) is 11.3. The van der Waals surface area contributed by atoms with Crippen LogP contribution in [0.1, 0.15) is 32.4 Å². The van der Waals surface area contributed by atoms with Crippen LogP contribution in [0.25, 0.3) is 0 Å². The number of rotatable bonds is 5. The average Bonchev–Trinajstić information content (AvgIpc) is 2.35. The molecule has 7 heteroatoms. The second-order valence-electron chi connectivity index (χ2n) is 5.25. The van der Waals surface area contributed by atoms with Crippen molar-refractivity contribution in [3.8, 4) is 0 Å². The van der Waals surface area contributed by atoms with Gasteiger partial charge in [0.2, 0.25) is 0 Å². The van der Waals surface area contributed by atoms with E-state index >= 15 is 0 Å². The van der Waals surface area contributed by atoms with Crippen molar-refractivity contribution in [2.45, 2.75) is 37.5 Å². The molecule has 1 rings (SSSR count). The van der Waals surface area contributed by atoms with Crippen molar-refractivity contribution in [1.82, 2.24) is 4.72 Å².